The van der Waals surface area contributed by atoms with Crippen molar-refractivity contribution in [2.45, 2.75) is 24.7 Å². The molecule has 0 fully saturated rings. The van der Waals surface area contributed by atoms with Crippen molar-refractivity contribution in [1.82, 2.24) is 0 Å². The summed E-state index contributed by atoms with van der Waals surface area (Å²) in [6, 6.07) is 10.6. The third kappa shape index (κ3) is 3.39. The molecule has 0 saturated heterocycles. The van der Waals surface area contributed by atoms with Crippen LogP contribution in [0, 0.1) is 5.82 Å². The van der Waals surface area contributed by atoms with Gasteiger partial charge in [-0.05, 0) is 29.7 Å². The number of anilines is 1. The first-order chi connectivity index (χ1) is 10.3. The number of sulfonamides is 1. The van der Waals surface area contributed by atoms with Gasteiger partial charge in [0.25, 0.3) is 10.0 Å². The van der Waals surface area contributed by atoms with Gasteiger partial charge in [-0.2, -0.15) is 0 Å². The van der Waals surface area contributed by atoms with Crippen LogP contribution in [0.1, 0.15) is 25.3 Å². The minimum atomic E-state index is -3.82. The average molecular weight is 323 g/mol. The number of benzene rings is 2. The smallest absolute Gasteiger partial charge is 0.262 e. The number of halogens is 1. The zero-order valence-corrected chi connectivity index (χ0v) is 13.4. The fourth-order valence-corrected chi connectivity index (χ4v) is 3.21. The van der Waals surface area contributed by atoms with Crippen LogP contribution in [-0.4, -0.2) is 15.5 Å². The molecule has 118 valence electrons. The van der Waals surface area contributed by atoms with Crippen molar-refractivity contribution in [2.24, 2.45) is 0 Å². The molecular formula is C16H18FNO3S. The van der Waals surface area contributed by atoms with Crippen molar-refractivity contribution in [3.05, 3.63) is 53.8 Å². The highest BCUT2D eigenvalue weighted by molar-refractivity contribution is 7.92. The Bertz CT molecular complexity index is 773. The lowest BCUT2D eigenvalue weighted by atomic mass is 10.0. The van der Waals surface area contributed by atoms with Gasteiger partial charge >= 0.3 is 0 Å². The maximum absolute atomic E-state index is 13.4. The molecule has 1 N–H and O–H groups in total. The van der Waals surface area contributed by atoms with Gasteiger partial charge in [-0.1, -0.05) is 32.0 Å². The lowest BCUT2D eigenvalue weighted by Crippen LogP contribution is -2.14. The summed E-state index contributed by atoms with van der Waals surface area (Å²) < 4.78 is 45.7. The molecule has 0 aliphatic heterocycles. The van der Waals surface area contributed by atoms with Gasteiger partial charge in [0.1, 0.15) is 0 Å². The molecule has 2 aromatic carbocycles. The van der Waals surface area contributed by atoms with Gasteiger partial charge in [0.05, 0.1) is 17.7 Å². The van der Waals surface area contributed by atoms with Crippen molar-refractivity contribution in [3.63, 3.8) is 0 Å². The average Bonchev–Trinajstić information content (AvgIpc) is 2.47. The topological polar surface area (TPSA) is 55.4 Å². The second-order valence-corrected chi connectivity index (χ2v) is 6.83. The standard InChI is InChI=1S/C16H18FNO3S/c1-11(2)13-6-4-5-7-15(13)18-22(19,20)12-8-9-14(17)16(10-12)21-3/h4-11,18H,1-3H3. The van der Waals surface area contributed by atoms with Crippen molar-refractivity contribution < 1.29 is 17.5 Å². The van der Waals surface area contributed by atoms with E-state index < -0.39 is 15.8 Å². The van der Waals surface area contributed by atoms with Crippen LogP contribution >= 0.6 is 0 Å². The van der Waals surface area contributed by atoms with Crippen LogP contribution in [0.2, 0.25) is 0 Å². The molecule has 0 amide bonds. The summed E-state index contributed by atoms with van der Waals surface area (Å²) in [5.41, 5.74) is 1.40. The molecule has 22 heavy (non-hydrogen) atoms. The van der Waals surface area contributed by atoms with Gasteiger partial charge in [0.2, 0.25) is 0 Å². The zero-order valence-electron chi connectivity index (χ0n) is 12.6. The molecule has 2 aromatic rings. The van der Waals surface area contributed by atoms with Gasteiger partial charge in [0.15, 0.2) is 11.6 Å². The number of rotatable bonds is 5. The minimum absolute atomic E-state index is 0.0516. The largest absolute Gasteiger partial charge is 0.494 e. The molecule has 0 aliphatic rings. The molecule has 6 heteroatoms. The number of methoxy groups -OCH3 is 1. The van der Waals surface area contributed by atoms with E-state index >= 15 is 0 Å². The first-order valence-corrected chi connectivity index (χ1v) is 8.28. The second kappa shape index (κ2) is 6.36. The Hall–Kier alpha value is -2.08. The Balaban J connectivity index is 2.40. The molecule has 0 radical (unpaired) electrons. The molecular weight excluding hydrogens is 305 g/mol. The predicted octanol–water partition coefficient (Wildman–Crippen LogP) is 3.76. The normalized spacial score (nSPS) is 11.5. The van der Waals surface area contributed by atoms with Crippen molar-refractivity contribution in [3.8, 4) is 5.75 Å². The SMILES string of the molecule is COc1cc(S(=O)(=O)Nc2ccccc2C(C)C)ccc1F. The van der Waals surface area contributed by atoms with E-state index in [1.54, 1.807) is 12.1 Å². The third-order valence-corrected chi connectivity index (χ3v) is 4.62. The maximum Gasteiger partial charge on any atom is 0.262 e. The number of nitrogens with one attached hydrogen (secondary N) is 1. The Labute approximate surface area is 130 Å². The van der Waals surface area contributed by atoms with Crippen LogP contribution < -0.4 is 9.46 Å². The summed E-state index contributed by atoms with van der Waals surface area (Å²) in [7, 11) is -2.53. The van der Waals surface area contributed by atoms with Crippen LogP contribution in [-0.2, 0) is 10.0 Å². The Kier molecular flexibility index (Phi) is 4.71. The molecule has 0 saturated carbocycles. The molecule has 0 bridgehead atoms. The summed E-state index contributed by atoms with van der Waals surface area (Å²) in [4.78, 5) is -0.0516. The van der Waals surface area contributed by atoms with E-state index in [-0.39, 0.29) is 16.6 Å². The second-order valence-electron chi connectivity index (χ2n) is 5.14. The Morgan fingerprint density at radius 3 is 2.45 bits per heavy atom. The molecule has 2 rings (SSSR count). The molecule has 0 spiro atoms. The molecule has 0 unspecified atom stereocenters. The van der Waals surface area contributed by atoms with Gasteiger partial charge in [-0.25, -0.2) is 12.8 Å². The van der Waals surface area contributed by atoms with Gasteiger partial charge in [-0.3, -0.25) is 4.72 Å². The quantitative estimate of drug-likeness (QED) is 0.911. The third-order valence-electron chi connectivity index (χ3n) is 3.26. The molecule has 0 aromatic heterocycles. The van der Waals surface area contributed by atoms with E-state index in [1.807, 2.05) is 26.0 Å². The minimum Gasteiger partial charge on any atom is -0.494 e. The molecule has 0 atom stereocenters. The van der Waals surface area contributed by atoms with Gasteiger partial charge < -0.3 is 4.74 Å². The lowest BCUT2D eigenvalue weighted by Gasteiger charge is -2.15. The highest BCUT2D eigenvalue weighted by atomic mass is 32.2. The Morgan fingerprint density at radius 2 is 1.82 bits per heavy atom. The van der Waals surface area contributed by atoms with E-state index in [1.165, 1.54) is 13.2 Å². The molecule has 0 heterocycles. The highest BCUT2D eigenvalue weighted by Crippen LogP contribution is 2.27. The fraction of sp³-hybridized carbons (Fsp3) is 0.250. The zero-order chi connectivity index (χ0) is 16.3. The van der Waals surface area contributed by atoms with Crippen molar-refractivity contribution in [2.75, 3.05) is 11.8 Å². The summed E-state index contributed by atoms with van der Waals surface area (Å²) in [6.45, 7) is 3.96. The van der Waals surface area contributed by atoms with Gasteiger partial charge in [-0.15, -0.1) is 0 Å². The first kappa shape index (κ1) is 16.3. The van der Waals surface area contributed by atoms with Crippen molar-refractivity contribution >= 4 is 15.7 Å². The summed E-state index contributed by atoms with van der Waals surface area (Å²) in [5.74, 6) is -0.550. The van der Waals surface area contributed by atoms with Crippen molar-refractivity contribution in [1.29, 1.82) is 0 Å². The molecule has 4 nitrogen and oxygen atoms in total. The maximum atomic E-state index is 13.4. The summed E-state index contributed by atoms with van der Waals surface area (Å²) in [5, 5.41) is 0. The van der Waals surface area contributed by atoms with Crippen LogP contribution in [0.4, 0.5) is 10.1 Å². The van der Waals surface area contributed by atoms with E-state index in [0.717, 1.165) is 17.7 Å². The number of hydrogen-bond acceptors (Lipinski definition) is 3. The lowest BCUT2D eigenvalue weighted by molar-refractivity contribution is 0.385. The van der Waals surface area contributed by atoms with E-state index in [4.69, 9.17) is 4.74 Å². The van der Waals surface area contributed by atoms with Gasteiger partial charge in [0, 0.05) is 6.07 Å². The van der Waals surface area contributed by atoms with Crippen LogP contribution in [0.25, 0.3) is 0 Å². The first-order valence-electron chi connectivity index (χ1n) is 6.80. The number of hydrogen-bond donors (Lipinski definition) is 1. The fourth-order valence-electron chi connectivity index (χ4n) is 2.10. The van der Waals surface area contributed by atoms with E-state index in [2.05, 4.69) is 4.72 Å². The van der Waals surface area contributed by atoms with Crippen LogP contribution in [0.3, 0.4) is 0 Å². The Morgan fingerprint density at radius 1 is 1.14 bits per heavy atom. The number of para-hydroxylation sites is 1. The highest BCUT2D eigenvalue weighted by Gasteiger charge is 2.18. The molecule has 0 aliphatic carbocycles. The number of ether oxygens (including phenoxy) is 1. The van der Waals surface area contributed by atoms with E-state index in [9.17, 15) is 12.8 Å². The summed E-state index contributed by atoms with van der Waals surface area (Å²) in [6.07, 6.45) is 0. The monoisotopic (exact) mass is 323 g/mol. The predicted molar refractivity (Wildman–Crippen MR) is 84.3 cm³/mol. The van der Waals surface area contributed by atoms with Crippen LogP contribution in [0.5, 0.6) is 5.75 Å². The van der Waals surface area contributed by atoms with Crippen LogP contribution in [0.15, 0.2) is 47.4 Å². The van der Waals surface area contributed by atoms with E-state index in [0.29, 0.717) is 5.69 Å². The summed E-state index contributed by atoms with van der Waals surface area (Å²) >= 11 is 0.